The third-order valence-electron chi connectivity index (χ3n) is 4.64. The summed E-state index contributed by atoms with van der Waals surface area (Å²) in [5.74, 6) is 0.957. The number of hydrogen-bond donors (Lipinski definition) is 2. The van der Waals surface area contributed by atoms with Crippen LogP contribution in [0.2, 0.25) is 0 Å². The van der Waals surface area contributed by atoms with Gasteiger partial charge in [0.05, 0.1) is 6.04 Å². The molecule has 0 bridgehead atoms. The van der Waals surface area contributed by atoms with E-state index in [0.717, 1.165) is 17.9 Å². The van der Waals surface area contributed by atoms with Crippen LogP contribution in [0.1, 0.15) is 36.1 Å². The fraction of sp³-hybridized carbons (Fsp3) is 0.208. The lowest BCUT2D eigenvalue weighted by atomic mass is 10.00. The topological polar surface area (TPSA) is 24.1 Å². The van der Waals surface area contributed by atoms with Gasteiger partial charge in [0.15, 0.2) is 5.11 Å². The normalized spacial score (nSPS) is 11.6. The van der Waals surface area contributed by atoms with Crippen molar-refractivity contribution in [1.82, 2.24) is 5.32 Å². The van der Waals surface area contributed by atoms with Gasteiger partial charge in [-0.2, -0.15) is 0 Å². The molecule has 28 heavy (non-hydrogen) atoms. The smallest absolute Gasteiger partial charge is 0.171 e. The van der Waals surface area contributed by atoms with Gasteiger partial charge in [0.25, 0.3) is 0 Å². The third kappa shape index (κ3) is 5.85. The Labute approximate surface area is 177 Å². The number of hydrogen-bond acceptors (Lipinski definition) is 2. The minimum absolute atomic E-state index is 0.211. The Morgan fingerprint density at radius 2 is 1.61 bits per heavy atom. The van der Waals surface area contributed by atoms with E-state index in [-0.39, 0.29) is 6.04 Å². The number of anilines is 1. The maximum absolute atomic E-state index is 5.54. The van der Waals surface area contributed by atoms with Crippen LogP contribution in [0, 0.1) is 6.92 Å². The lowest BCUT2D eigenvalue weighted by Crippen LogP contribution is -2.32. The lowest BCUT2D eigenvalue weighted by molar-refractivity contribution is 0.625. The zero-order chi connectivity index (χ0) is 19.8. The second kappa shape index (κ2) is 10.3. The minimum atomic E-state index is 0.211. The maximum Gasteiger partial charge on any atom is 0.171 e. The van der Waals surface area contributed by atoms with E-state index in [0.29, 0.717) is 5.11 Å². The molecule has 2 nitrogen and oxygen atoms in total. The van der Waals surface area contributed by atoms with Gasteiger partial charge in [-0.15, -0.1) is 11.8 Å². The van der Waals surface area contributed by atoms with Crippen molar-refractivity contribution in [3.05, 3.63) is 95.6 Å². The standard InChI is InChI=1S/C24H26N2S2/c1-3-23(22-12-8-7-9-18(22)2)26-24(27)25-20-15-13-19(14-16-20)17-28-21-10-5-4-6-11-21/h4-16,23H,3,17H2,1-2H3,(H2,25,26,27). The van der Waals surface area contributed by atoms with E-state index in [1.165, 1.54) is 21.6 Å². The molecule has 0 radical (unpaired) electrons. The van der Waals surface area contributed by atoms with Crippen molar-refractivity contribution < 1.29 is 0 Å². The van der Waals surface area contributed by atoms with Gasteiger partial charge in [0.1, 0.15) is 0 Å². The van der Waals surface area contributed by atoms with Crippen molar-refractivity contribution in [3.63, 3.8) is 0 Å². The Morgan fingerprint density at radius 3 is 2.29 bits per heavy atom. The monoisotopic (exact) mass is 406 g/mol. The summed E-state index contributed by atoms with van der Waals surface area (Å²) in [5.41, 5.74) is 4.88. The molecule has 0 heterocycles. The van der Waals surface area contributed by atoms with E-state index < -0.39 is 0 Å². The first-order chi connectivity index (χ1) is 13.7. The van der Waals surface area contributed by atoms with Gasteiger partial charge in [-0.1, -0.05) is 61.5 Å². The van der Waals surface area contributed by atoms with Crippen LogP contribution in [0.15, 0.2) is 83.8 Å². The summed E-state index contributed by atoms with van der Waals surface area (Å²) in [6.45, 7) is 4.31. The van der Waals surface area contributed by atoms with Gasteiger partial charge in [-0.05, 0) is 66.5 Å². The highest BCUT2D eigenvalue weighted by Crippen LogP contribution is 2.23. The van der Waals surface area contributed by atoms with Crippen LogP contribution in [0.25, 0.3) is 0 Å². The summed E-state index contributed by atoms with van der Waals surface area (Å²) in [5, 5.41) is 7.41. The van der Waals surface area contributed by atoms with Crippen molar-refractivity contribution in [3.8, 4) is 0 Å². The summed E-state index contributed by atoms with van der Waals surface area (Å²) in [6.07, 6.45) is 0.975. The predicted molar refractivity (Wildman–Crippen MR) is 126 cm³/mol. The Balaban J connectivity index is 1.54. The van der Waals surface area contributed by atoms with E-state index in [9.17, 15) is 0 Å². The van der Waals surface area contributed by atoms with E-state index in [1.807, 2.05) is 17.8 Å². The van der Waals surface area contributed by atoms with Gasteiger partial charge in [-0.25, -0.2) is 0 Å². The number of aryl methyl sites for hydroxylation is 1. The molecule has 0 spiro atoms. The van der Waals surface area contributed by atoms with E-state index >= 15 is 0 Å². The van der Waals surface area contributed by atoms with Crippen LogP contribution < -0.4 is 10.6 Å². The molecule has 0 saturated heterocycles. The molecule has 4 heteroatoms. The summed E-state index contributed by atoms with van der Waals surface area (Å²) >= 11 is 7.39. The maximum atomic E-state index is 5.54. The molecular formula is C24H26N2S2. The first kappa shape index (κ1) is 20.4. The number of benzene rings is 3. The molecule has 0 fully saturated rings. The first-order valence-corrected chi connectivity index (χ1v) is 10.9. The molecule has 3 aromatic rings. The van der Waals surface area contributed by atoms with Crippen LogP contribution in [0.3, 0.4) is 0 Å². The molecule has 1 atom stereocenters. The van der Waals surface area contributed by atoms with Gasteiger partial charge >= 0.3 is 0 Å². The lowest BCUT2D eigenvalue weighted by Gasteiger charge is -2.21. The molecule has 0 saturated carbocycles. The molecule has 0 aliphatic carbocycles. The van der Waals surface area contributed by atoms with Crippen molar-refractivity contribution in [1.29, 1.82) is 0 Å². The van der Waals surface area contributed by atoms with E-state index in [2.05, 4.69) is 97.3 Å². The predicted octanol–water partition coefficient (Wildman–Crippen LogP) is 6.73. The Hall–Kier alpha value is -2.30. The number of thiocarbonyl (C=S) groups is 1. The van der Waals surface area contributed by atoms with E-state index in [1.54, 1.807) is 0 Å². The Kier molecular flexibility index (Phi) is 7.52. The minimum Gasteiger partial charge on any atom is -0.356 e. The average Bonchev–Trinajstić information content (AvgIpc) is 2.73. The third-order valence-corrected chi connectivity index (χ3v) is 5.94. The van der Waals surface area contributed by atoms with Crippen LogP contribution in [-0.2, 0) is 5.75 Å². The van der Waals surface area contributed by atoms with E-state index in [4.69, 9.17) is 12.2 Å². The molecule has 144 valence electrons. The Bertz CT molecular complexity index is 892. The SMILES string of the molecule is CCC(NC(=S)Nc1ccc(CSc2ccccc2)cc1)c1ccccc1C. The van der Waals surface area contributed by atoms with Gasteiger partial charge in [0.2, 0.25) is 0 Å². The summed E-state index contributed by atoms with van der Waals surface area (Å²) < 4.78 is 0. The van der Waals surface area contributed by atoms with Crippen molar-refractivity contribution >= 4 is 34.8 Å². The zero-order valence-electron chi connectivity index (χ0n) is 16.3. The Morgan fingerprint density at radius 1 is 0.929 bits per heavy atom. The molecule has 3 aromatic carbocycles. The molecule has 2 N–H and O–H groups in total. The summed E-state index contributed by atoms with van der Waals surface area (Å²) in [7, 11) is 0. The largest absolute Gasteiger partial charge is 0.356 e. The highest BCUT2D eigenvalue weighted by molar-refractivity contribution is 7.98. The van der Waals surface area contributed by atoms with Crippen LogP contribution >= 0.6 is 24.0 Å². The molecule has 1 unspecified atom stereocenters. The second-order valence-corrected chi connectivity index (χ2v) is 8.17. The second-order valence-electron chi connectivity index (χ2n) is 6.71. The number of rotatable bonds is 7. The van der Waals surface area contributed by atoms with Gasteiger partial charge in [0, 0.05) is 16.3 Å². The average molecular weight is 407 g/mol. The van der Waals surface area contributed by atoms with Gasteiger partial charge < -0.3 is 10.6 Å². The highest BCUT2D eigenvalue weighted by Gasteiger charge is 2.12. The molecule has 0 amide bonds. The van der Waals surface area contributed by atoms with Gasteiger partial charge in [-0.3, -0.25) is 0 Å². The highest BCUT2D eigenvalue weighted by atomic mass is 32.2. The van der Waals surface area contributed by atoms with Crippen LogP contribution in [0.4, 0.5) is 5.69 Å². The first-order valence-electron chi connectivity index (χ1n) is 9.55. The summed E-state index contributed by atoms with van der Waals surface area (Å²) in [4.78, 5) is 1.29. The molecular weight excluding hydrogens is 380 g/mol. The molecule has 3 rings (SSSR count). The van der Waals surface area contributed by atoms with Crippen LogP contribution in [-0.4, -0.2) is 5.11 Å². The van der Waals surface area contributed by atoms with Crippen molar-refractivity contribution in [2.75, 3.05) is 5.32 Å². The van der Waals surface area contributed by atoms with Crippen molar-refractivity contribution in [2.24, 2.45) is 0 Å². The fourth-order valence-corrected chi connectivity index (χ4v) is 4.21. The number of thioether (sulfide) groups is 1. The van der Waals surface area contributed by atoms with Crippen molar-refractivity contribution in [2.45, 2.75) is 37.0 Å². The molecule has 0 aromatic heterocycles. The number of nitrogens with one attached hydrogen (secondary N) is 2. The quantitative estimate of drug-likeness (QED) is 0.336. The molecule has 0 aliphatic heterocycles. The fourth-order valence-electron chi connectivity index (χ4n) is 3.07. The molecule has 0 aliphatic rings. The van der Waals surface area contributed by atoms with Crippen LogP contribution in [0.5, 0.6) is 0 Å². The summed E-state index contributed by atoms with van der Waals surface area (Å²) in [6, 6.07) is 27.6. The zero-order valence-corrected chi connectivity index (χ0v) is 17.9.